The zero-order valence-electron chi connectivity index (χ0n) is 16.0. The first kappa shape index (κ1) is 19.7. The summed E-state index contributed by atoms with van der Waals surface area (Å²) in [5.41, 5.74) is 0.766. The van der Waals surface area contributed by atoms with E-state index in [9.17, 15) is 9.59 Å². The van der Waals surface area contributed by atoms with E-state index >= 15 is 0 Å². The van der Waals surface area contributed by atoms with Crippen LogP contribution in [-0.2, 0) is 20.9 Å². The number of hydrogen-bond donors (Lipinski definition) is 0. The highest BCUT2D eigenvalue weighted by Gasteiger charge is 2.31. The molecule has 0 saturated carbocycles. The third kappa shape index (κ3) is 5.71. The van der Waals surface area contributed by atoms with Crippen LogP contribution in [0, 0.1) is 5.92 Å². The number of morpholine rings is 1. The maximum Gasteiger partial charge on any atom is 0.227 e. The van der Waals surface area contributed by atoms with Gasteiger partial charge in [-0.2, -0.15) is 0 Å². The van der Waals surface area contributed by atoms with E-state index in [1.165, 1.54) is 0 Å². The van der Waals surface area contributed by atoms with Crippen LogP contribution in [0.3, 0.4) is 0 Å². The van der Waals surface area contributed by atoms with Crippen LogP contribution < -0.4 is 0 Å². The van der Waals surface area contributed by atoms with Gasteiger partial charge < -0.3 is 14.5 Å². The molecule has 0 unspecified atom stereocenters. The first-order valence-electron chi connectivity index (χ1n) is 9.71. The van der Waals surface area contributed by atoms with Crippen LogP contribution >= 0.6 is 0 Å². The van der Waals surface area contributed by atoms with Crippen LogP contribution in [0.25, 0.3) is 0 Å². The highest BCUT2D eigenvalue weighted by molar-refractivity contribution is 5.83. The first-order chi connectivity index (χ1) is 13.1. The number of amides is 2. The number of nitrogens with zero attached hydrogens (tertiary/aromatic N) is 5. The number of rotatable bonds is 7. The molecule has 1 aromatic heterocycles. The van der Waals surface area contributed by atoms with Gasteiger partial charge in [0.25, 0.3) is 0 Å². The van der Waals surface area contributed by atoms with Crippen molar-refractivity contribution in [3.63, 3.8) is 0 Å². The summed E-state index contributed by atoms with van der Waals surface area (Å²) in [5.74, 6) is 0.108. The van der Waals surface area contributed by atoms with Gasteiger partial charge in [-0.1, -0.05) is 0 Å². The van der Waals surface area contributed by atoms with Gasteiger partial charge >= 0.3 is 0 Å². The fourth-order valence-electron chi connectivity index (χ4n) is 3.69. The quantitative estimate of drug-likeness (QED) is 0.686. The SMILES string of the molecule is CN(Cc1cnccn1)C(=O)[C@H]1CCC(=O)N(CCCN2CCOCC2)C1. The maximum atomic E-state index is 12.8. The molecule has 3 heterocycles. The van der Waals surface area contributed by atoms with Crippen molar-refractivity contribution in [1.82, 2.24) is 24.7 Å². The maximum absolute atomic E-state index is 12.8. The van der Waals surface area contributed by atoms with Crippen LogP contribution in [0.15, 0.2) is 18.6 Å². The third-order valence-corrected chi connectivity index (χ3v) is 5.25. The van der Waals surface area contributed by atoms with Gasteiger partial charge in [0.1, 0.15) is 0 Å². The molecule has 2 fully saturated rings. The minimum absolute atomic E-state index is 0.0753. The molecule has 148 valence electrons. The van der Waals surface area contributed by atoms with Gasteiger partial charge in [-0.15, -0.1) is 0 Å². The van der Waals surface area contributed by atoms with E-state index in [1.54, 1.807) is 30.5 Å². The zero-order chi connectivity index (χ0) is 19.1. The Hall–Kier alpha value is -2.06. The van der Waals surface area contributed by atoms with Crippen LogP contribution in [0.5, 0.6) is 0 Å². The molecule has 0 bridgehead atoms. The number of piperidine rings is 1. The second kappa shape index (κ2) is 9.75. The fraction of sp³-hybridized carbons (Fsp3) is 0.684. The normalized spacial score (nSPS) is 21.3. The Balaban J connectivity index is 1.46. The molecule has 0 aliphatic carbocycles. The van der Waals surface area contributed by atoms with Crippen LogP contribution in [0.4, 0.5) is 0 Å². The molecule has 2 aliphatic heterocycles. The van der Waals surface area contributed by atoms with Crippen molar-refractivity contribution in [2.75, 3.05) is 53.0 Å². The molecule has 0 radical (unpaired) electrons. The molecule has 0 spiro atoms. The topological polar surface area (TPSA) is 78.9 Å². The lowest BCUT2D eigenvalue weighted by molar-refractivity contribution is -0.142. The molecule has 0 aromatic carbocycles. The predicted molar refractivity (Wildman–Crippen MR) is 99.7 cm³/mol. The minimum Gasteiger partial charge on any atom is -0.379 e. The second-order valence-corrected chi connectivity index (χ2v) is 7.27. The highest BCUT2D eigenvalue weighted by Crippen LogP contribution is 2.20. The molecule has 3 rings (SSSR count). The lowest BCUT2D eigenvalue weighted by Crippen LogP contribution is -2.47. The summed E-state index contributed by atoms with van der Waals surface area (Å²) < 4.78 is 5.36. The third-order valence-electron chi connectivity index (χ3n) is 5.25. The summed E-state index contributed by atoms with van der Waals surface area (Å²) in [6, 6.07) is 0. The van der Waals surface area contributed by atoms with E-state index in [-0.39, 0.29) is 17.7 Å². The van der Waals surface area contributed by atoms with Gasteiger partial charge in [-0.05, 0) is 12.8 Å². The number of ether oxygens (including phenoxy) is 1. The van der Waals surface area contributed by atoms with E-state index in [2.05, 4.69) is 14.9 Å². The van der Waals surface area contributed by atoms with Gasteiger partial charge in [0.15, 0.2) is 0 Å². The van der Waals surface area contributed by atoms with Crippen molar-refractivity contribution < 1.29 is 14.3 Å². The van der Waals surface area contributed by atoms with E-state index < -0.39 is 0 Å². The summed E-state index contributed by atoms with van der Waals surface area (Å²) in [6.07, 6.45) is 6.93. The summed E-state index contributed by atoms with van der Waals surface area (Å²) in [7, 11) is 1.79. The van der Waals surface area contributed by atoms with Crippen LogP contribution in [0.1, 0.15) is 25.0 Å². The number of aromatic nitrogens is 2. The summed E-state index contributed by atoms with van der Waals surface area (Å²) in [5, 5.41) is 0. The molecule has 2 aliphatic rings. The number of carbonyl (C=O) groups is 2. The average Bonchev–Trinajstić information content (AvgIpc) is 2.70. The van der Waals surface area contributed by atoms with E-state index in [0.717, 1.165) is 45.0 Å². The summed E-state index contributed by atoms with van der Waals surface area (Å²) in [4.78, 5) is 39.2. The standard InChI is InChI=1S/C19H29N5O3/c1-22(15-17-13-20-5-6-21-17)19(26)16-3-4-18(25)24(14-16)8-2-7-23-9-11-27-12-10-23/h5-6,13,16H,2-4,7-12,14-15H2,1H3/t16-/m0/s1. The van der Waals surface area contributed by atoms with Crippen LogP contribution in [-0.4, -0.2) is 89.5 Å². The molecule has 8 heteroatoms. The Bertz CT molecular complexity index is 621. The number of hydrogen-bond acceptors (Lipinski definition) is 6. The lowest BCUT2D eigenvalue weighted by Gasteiger charge is -2.34. The predicted octanol–water partition coefficient (Wildman–Crippen LogP) is 0.396. The molecular formula is C19H29N5O3. The Morgan fingerprint density at radius 2 is 2.11 bits per heavy atom. The monoisotopic (exact) mass is 375 g/mol. The van der Waals surface area contributed by atoms with E-state index in [0.29, 0.717) is 32.5 Å². The van der Waals surface area contributed by atoms with Crippen molar-refractivity contribution in [2.24, 2.45) is 5.92 Å². The second-order valence-electron chi connectivity index (χ2n) is 7.27. The summed E-state index contributed by atoms with van der Waals surface area (Å²) >= 11 is 0. The zero-order valence-corrected chi connectivity index (χ0v) is 16.0. The van der Waals surface area contributed by atoms with Gasteiger partial charge in [-0.25, -0.2) is 0 Å². The molecule has 2 saturated heterocycles. The number of carbonyl (C=O) groups excluding carboxylic acids is 2. The van der Waals surface area contributed by atoms with Crippen molar-refractivity contribution >= 4 is 11.8 Å². The van der Waals surface area contributed by atoms with Gasteiger partial charge in [0.2, 0.25) is 11.8 Å². The molecule has 1 aromatic rings. The average molecular weight is 375 g/mol. The largest absolute Gasteiger partial charge is 0.379 e. The Morgan fingerprint density at radius 3 is 2.85 bits per heavy atom. The molecule has 8 nitrogen and oxygen atoms in total. The van der Waals surface area contributed by atoms with Crippen molar-refractivity contribution in [3.8, 4) is 0 Å². The van der Waals surface area contributed by atoms with Crippen molar-refractivity contribution in [3.05, 3.63) is 24.3 Å². The molecular weight excluding hydrogens is 346 g/mol. The van der Waals surface area contributed by atoms with Gasteiger partial charge in [0, 0.05) is 58.6 Å². The highest BCUT2D eigenvalue weighted by atomic mass is 16.5. The Kier molecular flexibility index (Phi) is 7.11. The van der Waals surface area contributed by atoms with Crippen molar-refractivity contribution in [1.29, 1.82) is 0 Å². The molecule has 1 atom stereocenters. The Labute approximate surface area is 160 Å². The molecule has 2 amide bonds. The number of likely N-dealkylation sites (tertiary alicyclic amines) is 1. The molecule has 0 N–H and O–H groups in total. The van der Waals surface area contributed by atoms with Gasteiger partial charge in [-0.3, -0.25) is 24.5 Å². The van der Waals surface area contributed by atoms with Gasteiger partial charge in [0.05, 0.1) is 37.6 Å². The van der Waals surface area contributed by atoms with E-state index in [4.69, 9.17) is 4.74 Å². The smallest absolute Gasteiger partial charge is 0.227 e. The summed E-state index contributed by atoms with van der Waals surface area (Å²) in [6.45, 7) is 6.14. The molecule has 27 heavy (non-hydrogen) atoms. The fourth-order valence-corrected chi connectivity index (χ4v) is 3.69. The van der Waals surface area contributed by atoms with E-state index in [1.807, 2.05) is 4.90 Å². The Morgan fingerprint density at radius 1 is 1.30 bits per heavy atom. The van der Waals surface area contributed by atoms with Crippen LogP contribution in [0.2, 0.25) is 0 Å². The lowest BCUT2D eigenvalue weighted by atomic mass is 9.96. The van der Waals surface area contributed by atoms with Crippen molar-refractivity contribution in [2.45, 2.75) is 25.8 Å². The minimum atomic E-state index is -0.132. The first-order valence-corrected chi connectivity index (χ1v) is 9.71.